The van der Waals surface area contributed by atoms with Crippen LogP contribution in [0.2, 0.25) is 0 Å². The monoisotopic (exact) mass is 195 g/mol. The lowest BCUT2D eigenvalue weighted by Gasteiger charge is -2.21. The van der Waals surface area contributed by atoms with Gasteiger partial charge in [0.05, 0.1) is 0 Å². The van der Waals surface area contributed by atoms with Gasteiger partial charge in [-0.1, -0.05) is 36.4 Å². The highest BCUT2D eigenvalue weighted by molar-refractivity contribution is 5.92. The van der Waals surface area contributed by atoms with Gasteiger partial charge in [0, 0.05) is 6.04 Å². The van der Waals surface area contributed by atoms with E-state index in [9.17, 15) is 0 Å². The van der Waals surface area contributed by atoms with Gasteiger partial charge in [0.25, 0.3) is 0 Å². The summed E-state index contributed by atoms with van der Waals surface area (Å²) in [4.78, 5) is 0. The molecule has 1 aliphatic rings. The maximum Gasteiger partial charge on any atom is 0.0486 e. The molecule has 0 radical (unpaired) electrons. The lowest BCUT2D eigenvalue weighted by Crippen LogP contribution is -2.16. The van der Waals surface area contributed by atoms with Gasteiger partial charge in [0.15, 0.2) is 0 Å². The molecule has 2 aromatic carbocycles. The third-order valence-electron chi connectivity index (χ3n) is 3.07. The van der Waals surface area contributed by atoms with Crippen LogP contribution in [-0.4, -0.2) is 0 Å². The summed E-state index contributed by atoms with van der Waals surface area (Å²) in [6, 6.07) is 13.4. The van der Waals surface area contributed by atoms with Gasteiger partial charge in [-0.05, 0) is 41.1 Å². The summed E-state index contributed by atoms with van der Waals surface area (Å²) in [5, 5.41) is 5.98. The summed E-state index contributed by atoms with van der Waals surface area (Å²) < 4.78 is 0. The predicted octanol–water partition coefficient (Wildman–Crippen LogP) is 3.47. The Balaban J connectivity index is 2.39. The third-order valence-corrected chi connectivity index (χ3v) is 3.07. The summed E-state index contributed by atoms with van der Waals surface area (Å²) in [5.74, 6) is 0. The van der Waals surface area contributed by atoms with Crippen LogP contribution in [0.3, 0.4) is 0 Å². The van der Waals surface area contributed by atoms with Gasteiger partial charge < -0.3 is 5.32 Å². The van der Waals surface area contributed by atoms with Gasteiger partial charge >= 0.3 is 0 Å². The molecule has 1 unspecified atom stereocenters. The van der Waals surface area contributed by atoms with Gasteiger partial charge in [-0.3, -0.25) is 0 Å². The molecule has 1 aliphatic heterocycles. The molecule has 0 aliphatic carbocycles. The van der Waals surface area contributed by atoms with Gasteiger partial charge in [0.1, 0.15) is 0 Å². The zero-order valence-electron chi connectivity index (χ0n) is 8.70. The van der Waals surface area contributed by atoms with Crippen molar-refractivity contribution in [3.05, 3.63) is 53.7 Å². The van der Waals surface area contributed by atoms with Crippen molar-refractivity contribution >= 4 is 16.8 Å². The van der Waals surface area contributed by atoms with Crippen LogP contribution in [0.4, 0.5) is 0 Å². The highest BCUT2D eigenvalue weighted by atomic mass is 14.9. The second kappa shape index (κ2) is 3.13. The van der Waals surface area contributed by atoms with Crippen LogP contribution in [0.25, 0.3) is 16.8 Å². The minimum absolute atomic E-state index is 0.412. The quantitative estimate of drug-likeness (QED) is 0.678. The van der Waals surface area contributed by atoms with Gasteiger partial charge in [-0.25, -0.2) is 0 Å². The first kappa shape index (κ1) is 8.54. The highest BCUT2D eigenvalue weighted by Gasteiger charge is 2.13. The molecule has 15 heavy (non-hydrogen) atoms. The highest BCUT2D eigenvalue weighted by Crippen LogP contribution is 2.29. The first-order chi connectivity index (χ1) is 7.36. The number of hydrogen-bond acceptors (Lipinski definition) is 1. The minimum Gasteiger partial charge on any atom is -0.384 e. The molecule has 74 valence electrons. The molecule has 0 aromatic heterocycles. The largest absolute Gasteiger partial charge is 0.384 e. The molecule has 0 saturated heterocycles. The zero-order chi connectivity index (χ0) is 10.3. The molecule has 1 heteroatoms. The second-order valence-corrected chi connectivity index (χ2v) is 4.01. The summed E-state index contributed by atoms with van der Waals surface area (Å²) in [6.45, 7) is 2.19. The lowest BCUT2D eigenvalue weighted by atomic mass is 9.93. The molecular formula is C14H13N. The Morgan fingerprint density at radius 1 is 1.07 bits per heavy atom. The topological polar surface area (TPSA) is 12.0 Å². The van der Waals surface area contributed by atoms with Crippen molar-refractivity contribution in [2.75, 3.05) is 0 Å². The Labute approximate surface area is 89.4 Å². The molecule has 1 nitrogen and oxygen atoms in total. The van der Waals surface area contributed by atoms with E-state index in [0.717, 1.165) is 0 Å². The fourth-order valence-corrected chi connectivity index (χ4v) is 2.24. The fraction of sp³-hybridized carbons (Fsp3) is 0.143. The van der Waals surface area contributed by atoms with Crippen LogP contribution in [0.5, 0.6) is 0 Å². The zero-order valence-corrected chi connectivity index (χ0v) is 8.70. The van der Waals surface area contributed by atoms with Crippen molar-refractivity contribution in [3.8, 4) is 0 Å². The van der Waals surface area contributed by atoms with E-state index in [1.807, 2.05) is 6.20 Å². The van der Waals surface area contributed by atoms with Gasteiger partial charge in [-0.15, -0.1) is 0 Å². The van der Waals surface area contributed by atoms with E-state index in [4.69, 9.17) is 0 Å². The Hall–Kier alpha value is -1.76. The molecule has 0 fully saturated rings. The predicted molar refractivity (Wildman–Crippen MR) is 64.5 cm³/mol. The Morgan fingerprint density at radius 2 is 1.93 bits per heavy atom. The van der Waals surface area contributed by atoms with Crippen LogP contribution in [0.1, 0.15) is 24.1 Å². The minimum atomic E-state index is 0.412. The van der Waals surface area contributed by atoms with E-state index in [1.165, 1.54) is 21.9 Å². The molecular weight excluding hydrogens is 182 g/mol. The maximum atomic E-state index is 3.32. The van der Waals surface area contributed by atoms with Crippen LogP contribution in [-0.2, 0) is 0 Å². The van der Waals surface area contributed by atoms with E-state index >= 15 is 0 Å². The van der Waals surface area contributed by atoms with Crippen LogP contribution >= 0.6 is 0 Å². The smallest absolute Gasteiger partial charge is 0.0486 e. The van der Waals surface area contributed by atoms with E-state index in [2.05, 4.69) is 54.7 Å². The summed E-state index contributed by atoms with van der Waals surface area (Å²) in [7, 11) is 0. The Morgan fingerprint density at radius 3 is 2.87 bits per heavy atom. The van der Waals surface area contributed by atoms with Crippen LogP contribution < -0.4 is 5.32 Å². The molecule has 0 saturated carbocycles. The number of fused-ring (bicyclic) bond motifs is 3. The summed E-state index contributed by atoms with van der Waals surface area (Å²) >= 11 is 0. The van der Waals surface area contributed by atoms with Crippen molar-refractivity contribution < 1.29 is 0 Å². The van der Waals surface area contributed by atoms with Crippen molar-refractivity contribution in [1.82, 2.24) is 5.32 Å². The average Bonchev–Trinajstić information content (AvgIpc) is 2.29. The lowest BCUT2D eigenvalue weighted by molar-refractivity contribution is 0.680. The SMILES string of the molecule is CC1NC=Cc2c1ccc1ccccc21. The normalized spacial score (nSPS) is 18.6. The van der Waals surface area contributed by atoms with Gasteiger partial charge in [-0.2, -0.15) is 0 Å². The summed E-state index contributed by atoms with van der Waals surface area (Å²) in [5.41, 5.74) is 2.75. The third kappa shape index (κ3) is 1.23. The number of nitrogens with one attached hydrogen (secondary N) is 1. The molecule has 0 bridgehead atoms. The summed E-state index contributed by atoms with van der Waals surface area (Å²) in [6.07, 6.45) is 4.21. The van der Waals surface area contributed by atoms with E-state index < -0.39 is 0 Å². The first-order valence-electron chi connectivity index (χ1n) is 5.30. The molecule has 0 spiro atoms. The first-order valence-corrected chi connectivity index (χ1v) is 5.30. The molecule has 1 N–H and O–H groups in total. The second-order valence-electron chi connectivity index (χ2n) is 4.01. The van der Waals surface area contributed by atoms with E-state index in [1.54, 1.807) is 0 Å². The fourth-order valence-electron chi connectivity index (χ4n) is 2.24. The number of benzene rings is 2. The standard InChI is InChI=1S/C14H13N/c1-10-12-7-6-11-4-2-3-5-13(11)14(12)8-9-15-10/h2-10,15H,1H3. The molecule has 3 rings (SSSR count). The van der Waals surface area contributed by atoms with Crippen molar-refractivity contribution in [2.45, 2.75) is 13.0 Å². The molecule has 1 heterocycles. The maximum absolute atomic E-state index is 3.32. The molecule has 0 amide bonds. The molecule has 1 atom stereocenters. The Kier molecular flexibility index (Phi) is 1.78. The van der Waals surface area contributed by atoms with Gasteiger partial charge in [0.2, 0.25) is 0 Å². The Bertz CT molecular complexity index is 540. The van der Waals surface area contributed by atoms with Crippen molar-refractivity contribution in [2.24, 2.45) is 0 Å². The van der Waals surface area contributed by atoms with Crippen molar-refractivity contribution in [3.63, 3.8) is 0 Å². The van der Waals surface area contributed by atoms with E-state index in [-0.39, 0.29) is 0 Å². The molecule has 2 aromatic rings. The van der Waals surface area contributed by atoms with Crippen LogP contribution in [0.15, 0.2) is 42.6 Å². The average molecular weight is 195 g/mol. The van der Waals surface area contributed by atoms with Crippen molar-refractivity contribution in [1.29, 1.82) is 0 Å². The van der Waals surface area contributed by atoms with E-state index in [0.29, 0.717) is 6.04 Å². The number of hydrogen-bond donors (Lipinski definition) is 1. The number of rotatable bonds is 0. The van der Waals surface area contributed by atoms with Crippen LogP contribution in [0, 0.1) is 0 Å².